The molecule has 5 heterocycles. The minimum absolute atomic E-state index is 0.00489. The lowest BCUT2D eigenvalue weighted by atomic mass is 9.84. The molecule has 6 unspecified atom stereocenters. The molecule has 8 rings (SSSR count). The number of halogens is 3. The number of aromatic nitrogens is 2. The van der Waals surface area contributed by atoms with Crippen LogP contribution in [0.25, 0.3) is 10.9 Å². The Morgan fingerprint density at radius 3 is 2.46 bits per heavy atom. The number of rotatable bonds is 7. The van der Waals surface area contributed by atoms with Crippen LogP contribution in [0.5, 0.6) is 11.5 Å². The highest BCUT2D eigenvalue weighted by Crippen LogP contribution is 2.54. The molecular formula is C46H54F3N7O11S. The average Bonchev–Trinajstić information content (AvgIpc) is 4.15. The average molecular weight is 970 g/mol. The molecule has 3 aliphatic heterocycles. The predicted octanol–water partition coefficient (Wildman–Crippen LogP) is 6.36. The molecule has 1 saturated heterocycles. The van der Waals surface area contributed by atoms with Gasteiger partial charge in [-0.3, -0.25) is 29.4 Å². The van der Waals surface area contributed by atoms with E-state index in [1.807, 2.05) is 6.08 Å². The van der Waals surface area contributed by atoms with Gasteiger partial charge in [0, 0.05) is 35.9 Å². The molecule has 4 N–H and O–H groups in total. The fourth-order valence-electron chi connectivity index (χ4n) is 9.16. The van der Waals surface area contributed by atoms with E-state index in [1.165, 1.54) is 50.7 Å². The Morgan fingerprint density at radius 1 is 1.01 bits per heavy atom. The van der Waals surface area contributed by atoms with Crippen LogP contribution in [0.15, 0.2) is 54.9 Å². The first kappa shape index (κ1) is 48.3. The van der Waals surface area contributed by atoms with Crippen molar-refractivity contribution in [1.82, 2.24) is 30.2 Å². The normalized spacial score (nSPS) is 26.9. The summed E-state index contributed by atoms with van der Waals surface area (Å²) in [6.45, 7) is 5.82. The van der Waals surface area contributed by atoms with Crippen LogP contribution in [0.1, 0.15) is 109 Å². The maximum Gasteiger partial charge on any atom is 0.437 e. The van der Waals surface area contributed by atoms with Gasteiger partial charge in [-0.25, -0.2) is 23.0 Å². The molecule has 3 fully saturated rings. The van der Waals surface area contributed by atoms with Gasteiger partial charge in [-0.2, -0.15) is 13.2 Å². The maximum absolute atomic E-state index is 15.3. The topological polar surface area (TPSA) is 234 Å². The van der Waals surface area contributed by atoms with E-state index in [2.05, 4.69) is 30.6 Å². The lowest BCUT2D eigenvalue weighted by Crippen LogP contribution is -2.58. The number of nitrogens with one attached hydrogen (secondary N) is 4. The zero-order valence-electron chi connectivity index (χ0n) is 38.2. The maximum atomic E-state index is 15.3. The van der Waals surface area contributed by atoms with Gasteiger partial charge in [0.25, 0.3) is 5.91 Å². The van der Waals surface area contributed by atoms with Gasteiger partial charge in [-0.15, -0.1) is 0 Å². The number of methoxy groups -OCH3 is 1. The van der Waals surface area contributed by atoms with Gasteiger partial charge in [0.1, 0.15) is 40.7 Å². The summed E-state index contributed by atoms with van der Waals surface area (Å²) >= 11 is 0. The van der Waals surface area contributed by atoms with E-state index in [1.54, 1.807) is 32.9 Å². The van der Waals surface area contributed by atoms with E-state index in [-0.39, 0.29) is 40.7 Å². The molecule has 1 spiro atoms. The van der Waals surface area contributed by atoms with Crippen LogP contribution in [-0.2, 0) is 40.1 Å². The number of alkyl carbamates (subject to hydrolysis) is 1. The molecule has 1 aromatic carbocycles. The summed E-state index contributed by atoms with van der Waals surface area (Å²) in [6.07, 6.45) is -0.332. The predicted molar refractivity (Wildman–Crippen MR) is 238 cm³/mol. The molecule has 6 atom stereocenters. The molecular weight excluding hydrogens is 916 g/mol. The van der Waals surface area contributed by atoms with Crippen LogP contribution in [0.2, 0.25) is 0 Å². The number of hydrogen-bond acceptors (Lipinski definition) is 13. The minimum atomic E-state index is -5.15. The highest BCUT2D eigenvalue weighted by molar-refractivity contribution is 7.91. The van der Waals surface area contributed by atoms with E-state index in [4.69, 9.17) is 18.9 Å². The lowest BCUT2D eigenvalue weighted by Gasteiger charge is -2.40. The molecule has 68 heavy (non-hydrogen) atoms. The monoisotopic (exact) mass is 969 g/mol. The Bertz CT molecular complexity index is 2660. The van der Waals surface area contributed by atoms with Crippen molar-refractivity contribution < 1.29 is 64.5 Å². The second-order valence-corrected chi connectivity index (χ2v) is 21.6. The number of hydrogen-bond donors (Lipinski definition) is 4. The molecule has 0 radical (unpaired) electrons. The first-order valence-electron chi connectivity index (χ1n) is 22.5. The van der Waals surface area contributed by atoms with Gasteiger partial charge >= 0.3 is 18.4 Å². The minimum Gasteiger partial charge on any atom is -0.497 e. The van der Waals surface area contributed by atoms with Crippen LogP contribution >= 0.6 is 0 Å². The molecule has 5 aliphatic rings. The first-order chi connectivity index (χ1) is 32.0. The smallest absolute Gasteiger partial charge is 0.437 e. The summed E-state index contributed by atoms with van der Waals surface area (Å²) in [7, 11) is -2.82. The SMILES string of the molecule is COc1ccc2nc(C(F)(F)F)c3c(c2c1)C(OC(=O)Nc1cccnc1)CC1(CC2C(=O)NC4(C(=O)NS(=O)(=O)C5(C)CC5)CC4C=CCCCCCC(NC(=O)OC(C)(C)C)C(=O)N2C1)O3. The fraction of sp³-hybridized carbons (Fsp3) is 0.543. The third-order valence-electron chi connectivity index (χ3n) is 13.1. The number of allylic oxidation sites excluding steroid dienone is 1. The van der Waals surface area contributed by atoms with E-state index in [9.17, 15) is 27.6 Å². The van der Waals surface area contributed by atoms with Crippen molar-refractivity contribution in [3.05, 3.63) is 66.1 Å². The number of carbonyl (C=O) groups excluding carboxylic acids is 5. The number of carbonyl (C=O) groups is 5. The number of alkyl halides is 3. The van der Waals surface area contributed by atoms with Gasteiger partial charge in [0.15, 0.2) is 11.4 Å². The Labute approximate surface area is 390 Å². The molecule has 2 aromatic heterocycles. The van der Waals surface area contributed by atoms with Crippen LogP contribution in [0, 0.1) is 5.92 Å². The Hall–Kier alpha value is -6.19. The molecule has 3 aromatic rings. The van der Waals surface area contributed by atoms with E-state index < -0.39 is 123 Å². The zero-order chi connectivity index (χ0) is 49.0. The number of fused-ring (bicyclic) bond motifs is 5. The number of amides is 5. The van der Waals surface area contributed by atoms with Gasteiger partial charge in [-0.1, -0.05) is 25.0 Å². The van der Waals surface area contributed by atoms with Crippen LogP contribution in [0.4, 0.5) is 28.4 Å². The van der Waals surface area contributed by atoms with Crippen LogP contribution < -0.4 is 30.1 Å². The largest absolute Gasteiger partial charge is 0.497 e. The van der Waals surface area contributed by atoms with Gasteiger partial charge in [0.2, 0.25) is 21.8 Å². The number of nitrogens with zero attached hydrogens (tertiary/aromatic N) is 3. The summed E-state index contributed by atoms with van der Waals surface area (Å²) in [6, 6.07) is 4.30. The quantitative estimate of drug-likeness (QED) is 0.189. The Morgan fingerprint density at radius 2 is 1.78 bits per heavy atom. The highest BCUT2D eigenvalue weighted by atomic mass is 32.2. The molecule has 2 aliphatic carbocycles. The van der Waals surface area contributed by atoms with Gasteiger partial charge in [0.05, 0.1) is 35.8 Å². The molecule has 0 bridgehead atoms. The van der Waals surface area contributed by atoms with E-state index >= 15 is 18.0 Å². The second-order valence-electron chi connectivity index (χ2n) is 19.4. The second kappa shape index (κ2) is 17.7. The summed E-state index contributed by atoms with van der Waals surface area (Å²) in [5.41, 5.74) is -6.28. The van der Waals surface area contributed by atoms with Crippen molar-refractivity contribution in [2.24, 2.45) is 5.92 Å². The third-order valence-corrected chi connectivity index (χ3v) is 15.3. The zero-order valence-corrected chi connectivity index (χ0v) is 39.0. The van der Waals surface area contributed by atoms with Crippen molar-refractivity contribution >= 4 is 56.5 Å². The van der Waals surface area contributed by atoms with Crippen molar-refractivity contribution in [3.8, 4) is 11.5 Å². The molecule has 18 nitrogen and oxygen atoms in total. The number of pyridine rings is 2. The van der Waals surface area contributed by atoms with E-state index in [0.29, 0.717) is 38.5 Å². The number of ether oxygens (including phenoxy) is 4. The highest BCUT2D eigenvalue weighted by Gasteiger charge is 2.64. The lowest BCUT2D eigenvalue weighted by molar-refractivity contribution is -0.145. The summed E-state index contributed by atoms with van der Waals surface area (Å²) in [5, 5.41) is 8.03. The standard InChI is InChI=1S/C46H54F3N7O11S/c1-42(2,3)67-41(61)53-31-14-10-8-6-7-9-12-26-21-45(26,39(59)55-68(62,63)43(4)17-18-43)54-37(57)32-22-44(25-56(32)38(31)58)23-33(65-40(60)51-27-13-11-19-50-24-27)34-29-20-28(64-5)15-16-30(29)52-36(35(34)66-44)46(47,48)49/h9,11-13,15-16,19-20,24,26,31-33H,6-8,10,14,17-18,21-23,25H2,1-5H3,(H,51,60)(H,53,61)(H,54,57)(H,55,59). The van der Waals surface area contributed by atoms with Crippen LogP contribution in [-0.4, -0.2) is 100 Å². The summed E-state index contributed by atoms with van der Waals surface area (Å²) in [5.74, 6) is -3.96. The fourth-order valence-corrected chi connectivity index (χ4v) is 10.5. The van der Waals surface area contributed by atoms with Gasteiger partial charge < -0.3 is 34.5 Å². The van der Waals surface area contributed by atoms with Crippen molar-refractivity contribution in [1.29, 1.82) is 0 Å². The summed E-state index contributed by atoms with van der Waals surface area (Å²) in [4.78, 5) is 80.3. The molecule has 2 saturated carbocycles. The number of sulfonamides is 1. The number of benzene rings is 1. The molecule has 366 valence electrons. The van der Waals surface area contributed by atoms with Crippen molar-refractivity contribution in [3.63, 3.8) is 0 Å². The van der Waals surface area contributed by atoms with Gasteiger partial charge in [-0.05, 0) is 96.6 Å². The molecule has 22 heteroatoms. The number of anilines is 1. The Kier molecular flexibility index (Phi) is 12.6. The first-order valence-corrected chi connectivity index (χ1v) is 23.9. The third kappa shape index (κ3) is 9.86. The van der Waals surface area contributed by atoms with E-state index in [0.717, 1.165) is 4.90 Å². The van der Waals surface area contributed by atoms with Crippen molar-refractivity contribution in [2.75, 3.05) is 19.0 Å². The van der Waals surface area contributed by atoms with Crippen LogP contribution in [0.3, 0.4) is 0 Å². The Balaban J connectivity index is 1.23. The molecule has 5 amide bonds. The summed E-state index contributed by atoms with van der Waals surface area (Å²) < 4.78 is 97.0. The van der Waals surface area contributed by atoms with Crippen molar-refractivity contribution in [2.45, 2.75) is 138 Å².